The summed E-state index contributed by atoms with van der Waals surface area (Å²) in [7, 11) is 1.44. The summed E-state index contributed by atoms with van der Waals surface area (Å²) in [6, 6.07) is 12.6. The first-order valence-corrected chi connectivity index (χ1v) is 5.50. The Hall–Kier alpha value is -3.05. The van der Waals surface area contributed by atoms with Crippen molar-refractivity contribution in [3.05, 3.63) is 51.8 Å². The highest BCUT2D eigenvalue weighted by Gasteiger charge is 2.19. The van der Waals surface area contributed by atoms with Gasteiger partial charge in [0.25, 0.3) is 5.56 Å². The molecule has 5 heteroatoms. The lowest BCUT2D eigenvalue weighted by atomic mass is 9.96. The minimum absolute atomic E-state index is 0.0605. The van der Waals surface area contributed by atoms with Gasteiger partial charge in [-0.25, -0.2) is 0 Å². The Balaban J connectivity index is 3.00. The fraction of sp³-hybridized carbons (Fsp3) is 0.0714. The molecule has 0 fully saturated rings. The van der Waals surface area contributed by atoms with Crippen LogP contribution in [0.5, 0.6) is 0 Å². The van der Waals surface area contributed by atoms with Crippen molar-refractivity contribution in [2.24, 2.45) is 7.05 Å². The van der Waals surface area contributed by atoms with Crippen LogP contribution < -0.4 is 11.3 Å². The molecule has 0 aliphatic rings. The molecule has 2 rings (SSSR count). The molecule has 2 N–H and O–H groups in total. The predicted molar refractivity (Wildman–Crippen MR) is 71.0 cm³/mol. The fourth-order valence-electron chi connectivity index (χ4n) is 1.92. The Morgan fingerprint density at radius 1 is 1.11 bits per heavy atom. The molecule has 0 aliphatic carbocycles. The Morgan fingerprint density at radius 2 is 1.68 bits per heavy atom. The van der Waals surface area contributed by atoms with Crippen molar-refractivity contribution in [3.63, 3.8) is 0 Å². The van der Waals surface area contributed by atoms with Crippen molar-refractivity contribution >= 4 is 5.82 Å². The number of hydrogen-bond acceptors (Lipinski definition) is 4. The molecule has 0 aliphatic heterocycles. The number of nitrogen functional groups attached to an aromatic ring is 1. The average Bonchev–Trinajstić information content (AvgIpc) is 2.45. The van der Waals surface area contributed by atoms with Crippen LogP contribution in [0.1, 0.15) is 11.1 Å². The van der Waals surface area contributed by atoms with Crippen LogP contribution >= 0.6 is 0 Å². The molecule has 1 aromatic heterocycles. The molecule has 0 atom stereocenters. The van der Waals surface area contributed by atoms with Crippen molar-refractivity contribution in [1.82, 2.24) is 4.57 Å². The first-order valence-electron chi connectivity index (χ1n) is 5.50. The first kappa shape index (κ1) is 12.4. The molecule has 1 heterocycles. The summed E-state index contributed by atoms with van der Waals surface area (Å²) in [4.78, 5) is 12.0. The highest BCUT2D eigenvalue weighted by molar-refractivity contribution is 5.80. The van der Waals surface area contributed by atoms with Gasteiger partial charge in [0, 0.05) is 12.6 Å². The van der Waals surface area contributed by atoms with Crippen LogP contribution in [-0.2, 0) is 7.05 Å². The highest BCUT2D eigenvalue weighted by atomic mass is 16.1. The minimum Gasteiger partial charge on any atom is -0.384 e. The number of benzene rings is 1. The van der Waals surface area contributed by atoms with Crippen molar-refractivity contribution < 1.29 is 0 Å². The molecule has 0 saturated heterocycles. The summed E-state index contributed by atoms with van der Waals surface area (Å²) < 4.78 is 1.11. The summed E-state index contributed by atoms with van der Waals surface area (Å²) in [5.74, 6) is 0.0605. The number of anilines is 1. The van der Waals surface area contributed by atoms with Crippen LogP contribution in [-0.4, -0.2) is 4.57 Å². The van der Waals surface area contributed by atoms with Crippen LogP contribution in [0.2, 0.25) is 0 Å². The van der Waals surface area contributed by atoms with E-state index in [-0.39, 0.29) is 16.9 Å². The molecule has 92 valence electrons. The van der Waals surface area contributed by atoms with Gasteiger partial charge >= 0.3 is 0 Å². The van der Waals surface area contributed by atoms with Crippen LogP contribution in [0.4, 0.5) is 5.82 Å². The van der Waals surface area contributed by atoms with E-state index in [2.05, 4.69) is 0 Å². The molecule has 0 spiro atoms. The standard InChI is InChI=1S/C14H10N4O/c1-18-13(17)10(7-15)12(11(8-16)14(18)19)9-5-3-2-4-6-9/h2-6H,17H2,1H3. The third kappa shape index (κ3) is 1.84. The molecular weight excluding hydrogens is 240 g/mol. The normalized spacial score (nSPS) is 9.63. The number of rotatable bonds is 1. The molecule has 0 bridgehead atoms. The maximum atomic E-state index is 12.0. The zero-order chi connectivity index (χ0) is 14.0. The summed E-state index contributed by atoms with van der Waals surface area (Å²) >= 11 is 0. The molecule has 1 aromatic carbocycles. The van der Waals surface area contributed by atoms with Gasteiger partial charge in [-0.3, -0.25) is 9.36 Å². The summed E-state index contributed by atoms with van der Waals surface area (Å²) in [6.45, 7) is 0. The van der Waals surface area contributed by atoms with Gasteiger partial charge in [0.2, 0.25) is 0 Å². The Kier molecular flexibility index (Phi) is 3.05. The van der Waals surface area contributed by atoms with E-state index >= 15 is 0 Å². The van der Waals surface area contributed by atoms with E-state index in [1.165, 1.54) is 7.05 Å². The van der Waals surface area contributed by atoms with Gasteiger partial charge in [-0.05, 0) is 5.56 Å². The molecule has 0 radical (unpaired) electrons. The second kappa shape index (κ2) is 4.67. The topological polar surface area (TPSA) is 95.6 Å². The SMILES string of the molecule is Cn1c(N)c(C#N)c(-c2ccccc2)c(C#N)c1=O. The lowest BCUT2D eigenvalue weighted by Gasteiger charge is -2.12. The molecule has 2 aromatic rings. The number of pyridine rings is 1. The average molecular weight is 250 g/mol. The van der Waals surface area contributed by atoms with Crippen molar-refractivity contribution in [2.75, 3.05) is 5.73 Å². The molecule has 19 heavy (non-hydrogen) atoms. The molecule has 0 unspecified atom stereocenters. The summed E-state index contributed by atoms with van der Waals surface area (Å²) in [5.41, 5.74) is 6.28. The first-order chi connectivity index (χ1) is 9.11. The van der Waals surface area contributed by atoms with Crippen LogP contribution in [0.15, 0.2) is 35.1 Å². The van der Waals surface area contributed by atoms with Gasteiger partial charge in [-0.2, -0.15) is 10.5 Å². The van der Waals surface area contributed by atoms with E-state index in [4.69, 9.17) is 5.73 Å². The van der Waals surface area contributed by atoms with E-state index in [9.17, 15) is 15.3 Å². The zero-order valence-electron chi connectivity index (χ0n) is 10.2. The van der Waals surface area contributed by atoms with E-state index in [1.807, 2.05) is 18.2 Å². The number of aromatic nitrogens is 1. The van der Waals surface area contributed by atoms with Gasteiger partial charge in [0.05, 0.1) is 0 Å². The number of hydrogen-bond donors (Lipinski definition) is 1. The van der Waals surface area contributed by atoms with Crippen molar-refractivity contribution in [3.8, 4) is 23.3 Å². The Labute approximate surface area is 109 Å². The quantitative estimate of drug-likeness (QED) is 0.826. The monoisotopic (exact) mass is 250 g/mol. The second-order valence-electron chi connectivity index (χ2n) is 3.96. The zero-order valence-corrected chi connectivity index (χ0v) is 10.2. The van der Waals surface area contributed by atoms with Crippen LogP contribution in [0, 0.1) is 22.7 Å². The maximum Gasteiger partial charge on any atom is 0.270 e. The van der Waals surface area contributed by atoms with E-state index in [0.717, 1.165) is 4.57 Å². The lowest BCUT2D eigenvalue weighted by molar-refractivity contribution is 0.868. The van der Waals surface area contributed by atoms with Crippen LogP contribution in [0.3, 0.4) is 0 Å². The summed E-state index contributed by atoms with van der Waals surface area (Å²) in [6.07, 6.45) is 0. The largest absolute Gasteiger partial charge is 0.384 e. The van der Waals surface area contributed by atoms with Crippen molar-refractivity contribution in [1.29, 1.82) is 10.5 Å². The van der Waals surface area contributed by atoms with E-state index < -0.39 is 5.56 Å². The number of nitriles is 2. The Bertz CT molecular complexity index is 776. The molecule has 5 nitrogen and oxygen atoms in total. The van der Waals surface area contributed by atoms with Gasteiger partial charge in [-0.1, -0.05) is 30.3 Å². The van der Waals surface area contributed by atoms with Gasteiger partial charge in [0.15, 0.2) is 0 Å². The highest BCUT2D eigenvalue weighted by Crippen LogP contribution is 2.28. The van der Waals surface area contributed by atoms with Gasteiger partial charge in [-0.15, -0.1) is 0 Å². The Morgan fingerprint density at radius 3 is 2.21 bits per heavy atom. The van der Waals surface area contributed by atoms with Gasteiger partial charge in [0.1, 0.15) is 29.1 Å². The van der Waals surface area contributed by atoms with E-state index in [0.29, 0.717) is 11.1 Å². The third-order valence-electron chi connectivity index (χ3n) is 2.92. The van der Waals surface area contributed by atoms with Crippen LogP contribution in [0.25, 0.3) is 11.1 Å². The number of nitrogens with zero attached hydrogens (tertiary/aromatic N) is 3. The summed E-state index contributed by atoms with van der Waals surface area (Å²) in [5, 5.41) is 18.4. The predicted octanol–water partition coefficient (Wildman–Crippen LogP) is 1.38. The van der Waals surface area contributed by atoms with Gasteiger partial charge < -0.3 is 5.73 Å². The molecule has 0 saturated carbocycles. The fourth-order valence-corrected chi connectivity index (χ4v) is 1.92. The minimum atomic E-state index is -0.502. The second-order valence-corrected chi connectivity index (χ2v) is 3.96. The lowest BCUT2D eigenvalue weighted by Crippen LogP contribution is -2.24. The maximum absolute atomic E-state index is 12.0. The van der Waals surface area contributed by atoms with Crippen molar-refractivity contribution in [2.45, 2.75) is 0 Å². The third-order valence-corrected chi connectivity index (χ3v) is 2.92. The smallest absolute Gasteiger partial charge is 0.270 e. The molecule has 0 amide bonds. The van der Waals surface area contributed by atoms with E-state index in [1.54, 1.807) is 24.3 Å². The molecular formula is C14H10N4O. The number of nitrogens with two attached hydrogens (primary N) is 1.